The van der Waals surface area contributed by atoms with Crippen LogP contribution in [-0.2, 0) is 4.65 Å². The number of pyridine rings is 1. The molecule has 2 aromatic heterocycles. The van der Waals surface area contributed by atoms with E-state index in [1.807, 2.05) is 92.8 Å². The molecule has 230 valence electrons. The predicted octanol–water partition coefficient (Wildman–Crippen LogP) is 7.78. The molecule has 47 heavy (non-hydrogen) atoms. The summed E-state index contributed by atoms with van der Waals surface area (Å²) < 4.78 is 6.04. The molecule has 0 amide bonds. The second-order valence-electron chi connectivity index (χ2n) is 12.8. The van der Waals surface area contributed by atoms with Crippen LogP contribution in [0.15, 0.2) is 128 Å². The zero-order chi connectivity index (χ0) is 32.6. The molecule has 0 aliphatic rings. The fraction of sp³-hybridized carbons (Fsp3) is 0.150. The van der Waals surface area contributed by atoms with Crippen LogP contribution in [0.5, 0.6) is 0 Å². The maximum atomic E-state index is 10.4. The Morgan fingerprint density at radius 3 is 1.60 bits per heavy atom. The Bertz CT molecular complexity index is 2100. The van der Waals surface area contributed by atoms with Crippen LogP contribution in [0.3, 0.4) is 0 Å². The van der Waals surface area contributed by atoms with E-state index in [-0.39, 0.29) is 0 Å². The lowest BCUT2D eigenvalue weighted by atomic mass is 9.82. The molecule has 0 saturated carbocycles. The Balaban J connectivity index is 1.25. The molecule has 6 nitrogen and oxygen atoms in total. The zero-order valence-corrected chi connectivity index (χ0v) is 27.0. The average molecular weight is 615 g/mol. The van der Waals surface area contributed by atoms with E-state index in [4.69, 9.17) is 24.6 Å². The van der Waals surface area contributed by atoms with Crippen molar-refractivity contribution in [3.8, 4) is 45.4 Å². The van der Waals surface area contributed by atoms with Crippen molar-refractivity contribution < 1.29 is 9.76 Å². The molecule has 2 heterocycles. The van der Waals surface area contributed by atoms with E-state index in [1.54, 1.807) is 13.8 Å². The molecule has 7 heteroatoms. The van der Waals surface area contributed by atoms with E-state index in [0.29, 0.717) is 25.0 Å². The highest BCUT2D eigenvalue weighted by Gasteiger charge is 2.35. The Labute approximate surface area is 275 Å². The zero-order valence-electron chi connectivity index (χ0n) is 27.0. The molecular formula is C40H35BN4O2. The Morgan fingerprint density at radius 1 is 0.553 bits per heavy atom. The van der Waals surface area contributed by atoms with Crippen molar-refractivity contribution in [1.29, 1.82) is 0 Å². The van der Waals surface area contributed by atoms with E-state index in [9.17, 15) is 5.11 Å². The molecule has 7 aromatic rings. The van der Waals surface area contributed by atoms with E-state index < -0.39 is 11.2 Å². The molecule has 5 aromatic carbocycles. The summed E-state index contributed by atoms with van der Waals surface area (Å²) in [5.74, 6) is 1.79. The molecule has 0 aliphatic carbocycles. The van der Waals surface area contributed by atoms with E-state index in [2.05, 4.69) is 48.5 Å². The van der Waals surface area contributed by atoms with Gasteiger partial charge in [0.25, 0.3) is 0 Å². The smallest absolute Gasteiger partial charge is 0.309 e. The number of benzene rings is 5. The Hall–Kier alpha value is -5.24. The Morgan fingerprint density at radius 2 is 1.06 bits per heavy atom. The van der Waals surface area contributed by atoms with Crippen LogP contribution in [0.4, 0.5) is 0 Å². The lowest BCUT2D eigenvalue weighted by Gasteiger charge is -2.37. The van der Waals surface area contributed by atoms with Gasteiger partial charge in [-0.25, -0.2) is 15.0 Å². The van der Waals surface area contributed by atoms with Crippen molar-refractivity contribution >= 4 is 34.5 Å². The molecule has 7 rings (SSSR count). The fourth-order valence-electron chi connectivity index (χ4n) is 5.50. The summed E-state index contributed by atoms with van der Waals surface area (Å²) >= 11 is 0. The molecule has 1 N–H and O–H groups in total. The highest BCUT2D eigenvalue weighted by atomic mass is 16.5. The fourth-order valence-corrected chi connectivity index (χ4v) is 5.50. The summed E-state index contributed by atoms with van der Waals surface area (Å²) in [7, 11) is 0.404. The first-order valence-electron chi connectivity index (χ1n) is 15.8. The minimum absolute atomic E-state index is 0.404. The van der Waals surface area contributed by atoms with Crippen LogP contribution >= 0.6 is 0 Å². The van der Waals surface area contributed by atoms with Gasteiger partial charge in [-0.2, -0.15) is 0 Å². The van der Waals surface area contributed by atoms with Crippen molar-refractivity contribution in [2.75, 3.05) is 0 Å². The third-order valence-electron chi connectivity index (χ3n) is 9.04. The van der Waals surface area contributed by atoms with Crippen LogP contribution in [-0.4, -0.2) is 43.7 Å². The SMILES string of the molecule is CC(C)(O)C(C)(C)OBc1ccc(-c2ccc(-c3nc(-c4cccc5ccccc45)nc(-c4cccc5ccccc45)n3)cn2)cc1. The third-order valence-corrected chi connectivity index (χ3v) is 9.04. The van der Waals surface area contributed by atoms with Gasteiger partial charge in [-0.1, -0.05) is 115 Å². The second-order valence-corrected chi connectivity index (χ2v) is 12.8. The molecule has 0 bridgehead atoms. The molecule has 0 unspecified atom stereocenters. The van der Waals surface area contributed by atoms with Crippen LogP contribution in [0.1, 0.15) is 27.7 Å². The summed E-state index contributed by atoms with van der Waals surface area (Å²) in [6, 6.07) is 41.2. The summed E-state index contributed by atoms with van der Waals surface area (Å²) in [5.41, 5.74) is 3.93. The quantitative estimate of drug-likeness (QED) is 0.176. The van der Waals surface area contributed by atoms with Crippen molar-refractivity contribution in [2.45, 2.75) is 38.9 Å². The van der Waals surface area contributed by atoms with Gasteiger partial charge in [-0.15, -0.1) is 0 Å². The highest BCUT2D eigenvalue weighted by Crippen LogP contribution is 2.32. The molecule has 0 saturated heterocycles. The average Bonchev–Trinajstić information content (AvgIpc) is 3.10. The van der Waals surface area contributed by atoms with Crippen molar-refractivity contribution in [2.24, 2.45) is 0 Å². The number of nitrogens with zero attached hydrogens (tertiary/aromatic N) is 4. The van der Waals surface area contributed by atoms with Crippen molar-refractivity contribution in [1.82, 2.24) is 19.9 Å². The van der Waals surface area contributed by atoms with Gasteiger partial charge in [0.15, 0.2) is 17.5 Å². The van der Waals surface area contributed by atoms with E-state index in [1.165, 1.54) is 0 Å². The number of fused-ring (bicyclic) bond motifs is 2. The van der Waals surface area contributed by atoms with Gasteiger partial charge in [0.2, 0.25) is 0 Å². The van der Waals surface area contributed by atoms with Crippen molar-refractivity contribution in [3.05, 3.63) is 128 Å². The van der Waals surface area contributed by atoms with E-state index >= 15 is 0 Å². The maximum Gasteiger partial charge on any atom is 0.309 e. The highest BCUT2D eigenvalue weighted by molar-refractivity contribution is 6.47. The standard InChI is InChI=1S/C40H35BN4O2/c1-39(2,46)40(3,4)47-41-30-22-19-28(20-23-30)35-24-21-29(25-42-35)36-43-37(33-17-9-13-26-11-5-7-15-31(26)33)45-38(44-36)34-18-10-14-27-12-6-8-16-32(27)34/h5-25,41,46H,1-4H3. The van der Waals surface area contributed by atoms with Gasteiger partial charge in [0.05, 0.1) is 16.9 Å². The summed E-state index contributed by atoms with van der Waals surface area (Å²) in [6.45, 7) is 7.32. The van der Waals surface area contributed by atoms with E-state index in [0.717, 1.165) is 55.0 Å². The molecular weight excluding hydrogens is 579 g/mol. The first-order valence-corrected chi connectivity index (χ1v) is 15.8. The number of hydrogen-bond acceptors (Lipinski definition) is 6. The topological polar surface area (TPSA) is 81.0 Å². The summed E-state index contributed by atoms with van der Waals surface area (Å²) in [6.07, 6.45) is 1.83. The molecule has 0 atom stereocenters. The first kappa shape index (κ1) is 30.4. The van der Waals surface area contributed by atoms with Crippen molar-refractivity contribution in [3.63, 3.8) is 0 Å². The summed E-state index contributed by atoms with van der Waals surface area (Å²) in [4.78, 5) is 19.9. The minimum atomic E-state index is -0.956. The maximum absolute atomic E-state index is 10.4. The minimum Gasteiger partial charge on any atom is -0.427 e. The largest absolute Gasteiger partial charge is 0.427 e. The Kier molecular flexibility index (Phi) is 7.88. The van der Waals surface area contributed by atoms with Gasteiger partial charge in [0, 0.05) is 28.5 Å². The van der Waals surface area contributed by atoms with Crippen LogP contribution in [0.2, 0.25) is 0 Å². The lowest BCUT2D eigenvalue weighted by Crippen LogP contribution is -2.49. The molecule has 0 aliphatic heterocycles. The van der Waals surface area contributed by atoms with Gasteiger partial charge in [-0.3, -0.25) is 4.98 Å². The molecule has 0 fully saturated rings. The molecule has 0 radical (unpaired) electrons. The number of aromatic nitrogens is 4. The van der Waals surface area contributed by atoms with Gasteiger partial charge in [0.1, 0.15) is 0 Å². The summed E-state index contributed by atoms with van der Waals surface area (Å²) in [5, 5.41) is 14.8. The first-order chi connectivity index (χ1) is 22.7. The number of aliphatic hydroxyl groups is 1. The molecule has 0 spiro atoms. The predicted molar refractivity (Wildman–Crippen MR) is 193 cm³/mol. The van der Waals surface area contributed by atoms with Gasteiger partial charge in [-0.05, 0) is 61.4 Å². The second kappa shape index (κ2) is 12.2. The van der Waals surface area contributed by atoms with Gasteiger partial charge < -0.3 is 9.76 Å². The lowest BCUT2D eigenvalue weighted by molar-refractivity contribution is -0.0893. The number of hydrogen-bond donors (Lipinski definition) is 1. The van der Waals surface area contributed by atoms with Crippen LogP contribution in [0, 0.1) is 0 Å². The number of rotatable bonds is 8. The van der Waals surface area contributed by atoms with Gasteiger partial charge >= 0.3 is 7.48 Å². The van der Waals surface area contributed by atoms with Crippen LogP contribution in [0.25, 0.3) is 67.0 Å². The van der Waals surface area contributed by atoms with Crippen LogP contribution < -0.4 is 5.46 Å². The monoisotopic (exact) mass is 614 g/mol. The third kappa shape index (κ3) is 6.15. The normalized spacial score (nSPS) is 12.0.